The lowest BCUT2D eigenvalue weighted by atomic mass is 10.0. The number of carboxylic acids is 1. The lowest BCUT2D eigenvalue weighted by Gasteiger charge is -2.13. The Balaban J connectivity index is 1.56. The molecule has 1 heterocycles. The molecule has 0 saturated heterocycles. The van der Waals surface area contributed by atoms with Crippen molar-refractivity contribution in [1.29, 1.82) is 0 Å². The van der Waals surface area contributed by atoms with Gasteiger partial charge in [-0.1, -0.05) is 65.3 Å². The number of ether oxygens (including phenoxy) is 1. The van der Waals surface area contributed by atoms with E-state index in [1.807, 2.05) is 55.5 Å². The second kappa shape index (κ2) is 10.4. The Labute approximate surface area is 220 Å². The molecule has 0 radical (unpaired) electrons. The highest BCUT2D eigenvalue weighted by molar-refractivity contribution is 9.10. The predicted octanol–water partition coefficient (Wildman–Crippen LogP) is 6.03. The molecule has 0 amide bonds. The zero-order valence-electron chi connectivity index (χ0n) is 19.9. The fourth-order valence-corrected chi connectivity index (χ4v) is 4.46. The van der Waals surface area contributed by atoms with Crippen molar-refractivity contribution >= 4 is 49.8 Å². The first-order valence-electron chi connectivity index (χ1n) is 11.7. The summed E-state index contributed by atoms with van der Waals surface area (Å²) >= 11 is 3.43. The molecule has 0 aliphatic rings. The number of aryl methyl sites for hydroxylation is 1. The summed E-state index contributed by atoms with van der Waals surface area (Å²) in [7, 11) is 0. The average Bonchev–Trinajstić information content (AvgIpc) is 2.92. The Morgan fingerprint density at radius 3 is 2.59 bits per heavy atom. The van der Waals surface area contributed by atoms with Crippen molar-refractivity contribution in [2.24, 2.45) is 5.10 Å². The highest BCUT2D eigenvalue weighted by Gasteiger charge is 2.12. The molecule has 0 aliphatic carbocycles. The lowest BCUT2D eigenvalue weighted by Crippen LogP contribution is -2.22. The van der Waals surface area contributed by atoms with Crippen LogP contribution in [0.4, 0.5) is 0 Å². The van der Waals surface area contributed by atoms with E-state index < -0.39 is 5.97 Å². The molecular weight excluding hydrogens is 534 g/mol. The van der Waals surface area contributed by atoms with Crippen LogP contribution in [0.15, 0.2) is 93.2 Å². The number of aromatic carboxylic acids is 1. The zero-order valence-corrected chi connectivity index (χ0v) is 21.5. The summed E-state index contributed by atoms with van der Waals surface area (Å²) in [5.41, 5.74) is 2.15. The van der Waals surface area contributed by atoms with E-state index in [9.17, 15) is 9.59 Å². The van der Waals surface area contributed by atoms with Crippen molar-refractivity contribution in [3.05, 3.63) is 116 Å². The van der Waals surface area contributed by atoms with Gasteiger partial charge in [0.25, 0.3) is 5.56 Å². The van der Waals surface area contributed by atoms with Gasteiger partial charge in [0.05, 0.1) is 22.7 Å². The number of carbonyl (C=O) groups is 1. The number of rotatable bonds is 7. The van der Waals surface area contributed by atoms with Gasteiger partial charge in [0, 0.05) is 16.5 Å². The fourth-order valence-electron chi connectivity index (χ4n) is 4.10. The van der Waals surface area contributed by atoms with Crippen molar-refractivity contribution in [3.8, 4) is 5.75 Å². The first kappa shape index (κ1) is 24.4. The molecule has 5 rings (SSSR count). The number of halogens is 1. The lowest BCUT2D eigenvalue weighted by molar-refractivity contribution is 0.0697. The van der Waals surface area contributed by atoms with Gasteiger partial charge in [-0.25, -0.2) is 9.78 Å². The molecule has 0 spiro atoms. The zero-order chi connectivity index (χ0) is 25.9. The summed E-state index contributed by atoms with van der Waals surface area (Å²) < 4.78 is 8.27. The van der Waals surface area contributed by atoms with Crippen LogP contribution in [0.1, 0.15) is 34.2 Å². The number of carboxylic acid groups (broad SMARTS) is 1. The maximum absolute atomic E-state index is 13.3. The molecule has 0 saturated carbocycles. The van der Waals surface area contributed by atoms with Crippen molar-refractivity contribution in [2.75, 3.05) is 0 Å². The van der Waals surface area contributed by atoms with Crippen molar-refractivity contribution < 1.29 is 14.6 Å². The number of fused-ring (bicyclic) bond motifs is 2. The van der Waals surface area contributed by atoms with Gasteiger partial charge in [0.2, 0.25) is 0 Å². The molecule has 0 unspecified atom stereocenters. The summed E-state index contributed by atoms with van der Waals surface area (Å²) in [6, 6.07) is 23.7. The molecule has 5 aromatic rings. The highest BCUT2D eigenvalue weighted by atomic mass is 79.9. The number of aromatic nitrogens is 2. The Morgan fingerprint density at radius 1 is 1.05 bits per heavy atom. The molecule has 184 valence electrons. The normalized spacial score (nSPS) is 11.4. The molecule has 0 fully saturated rings. The number of benzene rings is 4. The minimum atomic E-state index is -0.974. The van der Waals surface area contributed by atoms with Crippen molar-refractivity contribution in [1.82, 2.24) is 9.66 Å². The summed E-state index contributed by atoms with van der Waals surface area (Å²) in [5.74, 6) is 0.169. The number of hydrogen-bond acceptors (Lipinski definition) is 5. The van der Waals surface area contributed by atoms with Gasteiger partial charge in [-0.2, -0.15) is 9.78 Å². The van der Waals surface area contributed by atoms with E-state index in [0.29, 0.717) is 28.9 Å². The largest absolute Gasteiger partial charge is 0.488 e. The van der Waals surface area contributed by atoms with Crippen LogP contribution in [0.25, 0.3) is 21.7 Å². The maximum atomic E-state index is 13.3. The van der Waals surface area contributed by atoms with Crippen LogP contribution < -0.4 is 10.3 Å². The van der Waals surface area contributed by atoms with Gasteiger partial charge in [0.15, 0.2) is 0 Å². The first-order chi connectivity index (χ1) is 17.9. The summed E-state index contributed by atoms with van der Waals surface area (Å²) in [6.07, 6.45) is 2.17. The van der Waals surface area contributed by atoms with E-state index in [4.69, 9.17) is 9.84 Å². The Morgan fingerprint density at radius 2 is 1.84 bits per heavy atom. The Kier molecular flexibility index (Phi) is 6.83. The van der Waals surface area contributed by atoms with Crippen LogP contribution in [0.5, 0.6) is 5.75 Å². The van der Waals surface area contributed by atoms with Crippen LogP contribution in [-0.4, -0.2) is 27.0 Å². The van der Waals surface area contributed by atoms with E-state index in [-0.39, 0.29) is 17.7 Å². The fraction of sp³-hybridized carbons (Fsp3) is 0.103. The van der Waals surface area contributed by atoms with Crippen LogP contribution in [-0.2, 0) is 13.0 Å². The number of nitrogens with zero attached hydrogens (tertiary/aromatic N) is 3. The van der Waals surface area contributed by atoms with Gasteiger partial charge in [-0.15, -0.1) is 0 Å². The molecule has 0 atom stereocenters. The van der Waals surface area contributed by atoms with Gasteiger partial charge in [0.1, 0.15) is 18.2 Å². The van der Waals surface area contributed by atoms with E-state index in [2.05, 4.69) is 26.0 Å². The third-order valence-corrected chi connectivity index (χ3v) is 6.51. The Hall–Kier alpha value is -4.30. The molecule has 1 N–H and O–H groups in total. The number of hydrogen-bond donors (Lipinski definition) is 1. The van der Waals surface area contributed by atoms with E-state index in [1.54, 1.807) is 36.5 Å². The average molecular weight is 556 g/mol. The third-order valence-electron chi connectivity index (χ3n) is 6.02. The van der Waals surface area contributed by atoms with E-state index >= 15 is 0 Å². The van der Waals surface area contributed by atoms with Crippen LogP contribution >= 0.6 is 15.9 Å². The van der Waals surface area contributed by atoms with Crippen LogP contribution in [0.3, 0.4) is 0 Å². The smallest absolute Gasteiger partial charge is 0.335 e. The van der Waals surface area contributed by atoms with E-state index in [1.165, 1.54) is 4.68 Å². The molecule has 8 heteroatoms. The predicted molar refractivity (Wildman–Crippen MR) is 148 cm³/mol. The second-order valence-corrected chi connectivity index (χ2v) is 9.31. The second-order valence-electron chi connectivity index (χ2n) is 8.39. The molecule has 7 nitrogen and oxygen atoms in total. The molecule has 0 bridgehead atoms. The topological polar surface area (TPSA) is 93.8 Å². The van der Waals surface area contributed by atoms with Gasteiger partial charge >= 0.3 is 5.97 Å². The SMILES string of the molecule is CCc1nc2ccc(Br)cc2c(=O)n1N=Cc1c(OCc2ccc(C(=O)O)cc2)ccc2ccccc12. The van der Waals surface area contributed by atoms with Crippen molar-refractivity contribution in [3.63, 3.8) is 0 Å². The van der Waals surface area contributed by atoms with E-state index in [0.717, 1.165) is 26.4 Å². The monoisotopic (exact) mass is 555 g/mol. The summed E-state index contributed by atoms with van der Waals surface area (Å²) in [6.45, 7) is 2.17. The summed E-state index contributed by atoms with van der Waals surface area (Å²) in [5, 5.41) is 16.1. The molecule has 0 aliphatic heterocycles. The van der Waals surface area contributed by atoms with Gasteiger partial charge < -0.3 is 9.84 Å². The highest BCUT2D eigenvalue weighted by Crippen LogP contribution is 2.28. The van der Waals surface area contributed by atoms with Crippen LogP contribution in [0.2, 0.25) is 0 Å². The Bertz CT molecular complexity index is 1730. The minimum Gasteiger partial charge on any atom is -0.488 e. The third kappa shape index (κ3) is 5.01. The molecular formula is C29H22BrN3O4. The minimum absolute atomic E-state index is 0.218. The van der Waals surface area contributed by atoms with Gasteiger partial charge in [-0.3, -0.25) is 4.79 Å². The van der Waals surface area contributed by atoms with Crippen LogP contribution in [0, 0.1) is 0 Å². The molecule has 37 heavy (non-hydrogen) atoms. The molecule has 4 aromatic carbocycles. The first-order valence-corrected chi connectivity index (χ1v) is 12.5. The van der Waals surface area contributed by atoms with Gasteiger partial charge in [-0.05, 0) is 52.7 Å². The van der Waals surface area contributed by atoms with Crippen molar-refractivity contribution in [2.45, 2.75) is 20.0 Å². The summed E-state index contributed by atoms with van der Waals surface area (Å²) in [4.78, 5) is 29.1. The molecule has 1 aromatic heterocycles. The standard InChI is InChI=1S/C29H22BrN3O4/c1-2-27-32-25-13-12-21(30)15-23(25)28(34)33(27)31-16-24-22-6-4-3-5-19(22)11-14-26(24)37-17-18-7-9-20(10-8-18)29(35)36/h3-16H,2,17H2,1H3,(H,35,36). The maximum Gasteiger partial charge on any atom is 0.335 e. The quantitative estimate of drug-likeness (QED) is 0.247.